The number of thioether (sulfide) groups is 24. The molecular weight excluding hydrogens is 1230 g/mol. The lowest BCUT2D eigenvalue weighted by Crippen LogP contribution is -1.93. The molecule has 24 heteroatoms. The Morgan fingerprint density at radius 2 is 0.371 bits per heavy atom. The molecule has 0 radical (unpaired) electrons. The lowest BCUT2D eigenvalue weighted by molar-refractivity contribution is 0.949. The van der Waals surface area contributed by atoms with Crippen molar-refractivity contribution in [1.29, 1.82) is 0 Å². The first-order valence-corrected chi connectivity index (χ1v) is 39.3. The lowest BCUT2D eigenvalue weighted by atomic mass is 10.00. The molecule has 12 aliphatic rings. The highest BCUT2D eigenvalue weighted by Crippen LogP contribution is 2.76. The topological polar surface area (TPSA) is 0 Å². The average molecular weight is 1250 g/mol. The molecule has 0 atom stereocenters. The van der Waals surface area contributed by atoms with Crippen molar-refractivity contribution in [2.24, 2.45) is 0 Å². The van der Waals surface area contributed by atoms with Gasteiger partial charge in [0.25, 0.3) is 0 Å². The highest BCUT2D eigenvalue weighted by molar-refractivity contribution is 8.53. The van der Waals surface area contributed by atoms with Gasteiger partial charge in [0.2, 0.25) is 0 Å². The maximum atomic E-state index is 2.43. The van der Waals surface area contributed by atoms with Gasteiger partial charge in [-0.15, -0.1) is 47.0 Å². The van der Waals surface area contributed by atoms with E-state index in [1.165, 1.54) is 116 Å². The molecule has 0 fully saturated rings. The van der Waals surface area contributed by atoms with Gasteiger partial charge in [0.15, 0.2) is 0 Å². The van der Waals surface area contributed by atoms with Crippen molar-refractivity contribution in [3.8, 4) is 0 Å². The first-order valence-electron chi connectivity index (χ1n) is 18.1. The fraction of sp³-hybridized carbons (Fsp3) is 0.211. The van der Waals surface area contributed by atoms with Gasteiger partial charge in [-0.25, -0.2) is 0 Å². The van der Waals surface area contributed by atoms with Crippen molar-refractivity contribution in [3.63, 3.8) is 0 Å². The van der Waals surface area contributed by atoms with Crippen LogP contribution in [-0.2, 0) is 0 Å². The van der Waals surface area contributed by atoms with Gasteiger partial charge >= 0.3 is 0 Å². The lowest BCUT2D eigenvalue weighted by Gasteiger charge is -2.16. The SMILES string of the molecule is CSC1=C(SC)SC(=C2SC3=C(SC(=C4C=CC(=C5SC6=C(S5)SC(=C5SC7=C(SC(=C8C=CC(=C9SC%10=C(S9)SC(=C9SC(SC)=C(SC)S9)S%10)CC8)S7)S5)S6)CC4)S3)S2)S1. The molecule has 0 bridgehead atoms. The van der Waals surface area contributed by atoms with Gasteiger partial charge in [-0.05, 0) is 73.0 Å². The van der Waals surface area contributed by atoms with E-state index in [2.05, 4.69) is 49.3 Å². The third-order valence-corrected chi connectivity index (χ3v) is 44.3. The van der Waals surface area contributed by atoms with Crippen LogP contribution in [0.2, 0.25) is 0 Å². The fourth-order valence-corrected chi connectivity index (χ4v) is 43.0. The average Bonchev–Trinajstić information content (AvgIpc) is 4.11. The van der Waals surface area contributed by atoms with Crippen molar-refractivity contribution in [2.45, 2.75) is 25.7 Å². The number of hydrogen-bond donors (Lipinski definition) is 0. The van der Waals surface area contributed by atoms with Gasteiger partial charge in [0.1, 0.15) is 0 Å². The molecule has 10 heterocycles. The van der Waals surface area contributed by atoms with Crippen molar-refractivity contribution in [2.75, 3.05) is 25.0 Å². The molecule has 2 aliphatic carbocycles. The third-order valence-electron chi connectivity index (χ3n) is 9.30. The van der Waals surface area contributed by atoms with E-state index < -0.39 is 0 Å². The highest BCUT2D eigenvalue weighted by Gasteiger charge is 2.40. The Balaban J connectivity index is 0.620. The monoisotopic (exact) mass is 1250 g/mol. The normalized spacial score (nSPS) is 26.4. The molecule has 0 saturated heterocycles. The van der Waals surface area contributed by atoms with Crippen LogP contribution in [0, 0.1) is 0 Å². The molecule has 0 unspecified atom stereocenters. The van der Waals surface area contributed by atoms with Crippen LogP contribution in [0.5, 0.6) is 0 Å². The molecule has 0 aromatic heterocycles. The van der Waals surface area contributed by atoms with E-state index in [4.69, 9.17) is 0 Å². The van der Waals surface area contributed by atoms with Crippen molar-refractivity contribution in [3.05, 3.63) is 140 Å². The fourth-order valence-electron chi connectivity index (χ4n) is 6.37. The summed E-state index contributed by atoms with van der Waals surface area (Å²) in [6.45, 7) is 0. The molecule has 62 heavy (non-hydrogen) atoms. The zero-order valence-electron chi connectivity index (χ0n) is 31.9. The summed E-state index contributed by atoms with van der Waals surface area (Å²) in [6.07, 6.45) is 23.0. The number of rotatable bonds is 4. The van der Waals surface area contributed by atoms with E-state index in [1.54, 1.807) is 0 Å². The van der Waals surface area contributed by atoms with Crippen LogP contribution < -0.4 is 0 Å². The number of allylic oxidation sites excluding steroid dienone is 8. The quantitative estimate of drug-likeness (QED) is 0.262. The minimum atomic E-state index is 1.14. The maximum absolute atomic E-state index is 2.43. The number of hydrogen-bond acceptors (Lipinski definition) is 24. The zero-order chi connectivity index (χ0) is 41.6. The smallest absolute Gasteiger partial charge is 0.0718 e. The van der Waals surface area contributed by atoms with Gasteiger partial charge in [0.05, 0.1) is 93.2 Å². The van der Waals surface area contributed by atoms with Gasteiger partial charge < -0.3 is 0 Å². The van der Waals surface area contributed by atoms with Gasteiger partial charge in [-0.3, -0.25) is 0 Å². The molecule has 10 aliphatic heterocycles. The second-order valence-electron chi connectivity index (χ2n) is 12.9. The van der Waals surface area contributed by atoms with Crippen molar-refractivity contribution < 1.29 is 0 Å². The molecule has 0 N–H and O–H groups in total. The maximum Gasteiger partial charge on any atom is 0.0718 e. The second kappa shape index (κ2) is 20.8. The predicted octanol–water partition coefficient (Wildman–Crippen LogP) is 22.9. The zero-order valence-corrected chi connectivity index (χ0v) is 51.5. The highest BCUT2D eigenvalue weighted by atomic mass is 32.3. The van der Waals surface area contributed by atoms with Crippen LogP contribution >= 0.6 is 282 Å². The van der Waals surface area contributed by atoms with Gasteiger partial charge in [-0.2, -0.15) is 0 Å². The summed E-state index contributed by atoms with van der Waals surface area (Å²) in [5.74, 6) is 0. The third kappa shape index (κ3) is 9.61. The van der Waals surface area contributed by atoms with Gasteiger partial charge in [-0.1, -0.05) is 260 Å². The minimum absolute atomic E-state index is 1.14. The Bertz CT molecular complexity index is 2360. The summed E-state index contributed by atoms with van der Waals surface area (Å²) in [6, 6.07) is 0. The first kappa shape index (κ1) is 47.5. The van der Waals surface area contributed by atoms with E-state index in [9.17, 15) is 0 Å². The Morgan fingerprint density at radius 1 is 0.226 bits per heavy atom. The molecule has 0 spiro atoms. The largest absolute Gasteiger partial charge is 0.121 e. The summed E-state index contributed by atoms with van der Waals surface area (Å²) in [5, 5.41) is 0. The molecule has 12 rings (SSSR count). The molecule has 0 saturated carbocycles. The van der Waals surface area contributed by atoms with Crippen LogP contribution in [0.25, 0.3) is 0 Å². The summed E-state index contributed by atoms with van der Waals surface area (Å²) >= 11 is 47.6. The van der Waals surface area contributed by atoms with Crippen molar-refractivity contribution in [1.82, 2.24) is 0 Å². The molecule has 0 aromatic rings. The van der Waals surface area contributed by atoms with E-state index >= 15 is 0 Å². The molecule has 0 amide bonds. The van der Waals surface area contributed by atoms with Gasteiger partial charge in [0, 0.05) is 0 Å². The summed E-state index contributed by atoms with van der Waals surface area (Å²) in [7, 11) is 0. The second-order valence-corrected chi connectivity index (χ2v) is 42.3. The Hall–Kier alpha value is 4.50. The summed E-state index contributed by atoms with van der Waals surface area (Å²) in [5.41, 5.74) is 6.07. The molecular formula is C38H24S24. The van der Waals surface area contributed by atoms with Crippen LogP contribution in [0.15, 0.2) is 140 Å². The minimum Gasteiger partial charge on any atom is -0.121 e. The predicted molar refractivity (Wildman–Crippen MR) is 334 cm³/mol. The molecule has 320 valence electrons. The van der Waals surface area contributed by atoms with Crippen LogP contribution in [-0.4, -0.2) is 25.0 Å². The Morgan fingerprint density at radius 3 is 0.516 bits per heavy atom. The van der Waals surface area contributed by atoms with E-state index in [0.717, 1.165) is 25.7 Å². The standard InChI is InChI=1S/C38H24S24/c1-39-21-22(40-2)52-33(51-21)35-55-25-26(56-35)44-17(43-25)13-5-9-15(10-6-13)19-47-29-30(48-19)60-37(59-29)38-61-31-32(62-38)50-20(49-31)16-11-7-14(8-12-16)18-45-27-28(46-18)58-36(57-27)34-53-23(41-3)24(42-4)54-34/h5,7,9,11H,6,8,10,12H2,1-4H3. The van der Waals surface area contributed by atoms with Crippen LogP contribution in [0.3, 0.4) is 0 Å². The first-order chi connectivity index (χ1) is 30.4. The van der Waals surface area contributed by atoms with Crippen LogP contribution in [0.4, 0.5) is 0 Å². The Kier molecular flexibility index (Phi) is 15.9. The van der Waals surface area contributed by atoms with E-state index in [1.807, 2.05) is 282 Å². The summed E-state index contributed by atoms with van der Waals surface area (Å²) in [4.78, 5) is 0. The molecule has 0 nitrogen and oxygen atoms in total. The Labute approximate surface area is 465 Å². The van der Waals surface area contributed by atoms with E-state index in [-0.39, 0.29) is 0 Å². The summed E-state index contributed by atoms with van der Waals surface area (Å²) < 4.78 is 32.6. The van der Waals surface area contributed by atoms with Crippen LogP contribution in [0.1, 0.15) is 25.7 Å². The van der Waals surface area contributed by atoms with Crippen molar-refractivity contribution >= 4 is 282 Å². The van der Waals surface area contributed by atoms with E-state index in [0.29, 0.717) is 0 Å². The molecule has 0 aromatic carbocycles.